The summed E-state index contributed by atoms with van der Waals surface area (Å²) in [5, 5.41) is 21.9. The average Bonchev–Trinajstić information content (AvgIpc) is 2.90. The van der Waals surface area contributed by atoms with Crippen molar-refractivity contribution in [3.05, 3.63) is 75.8 Å². The molecule has 35 heavy (non-hydrogen) atoms. The number of hydrogen-bond donors (Lipinski definition) is 1. The fraction of sp³-hybridized carbons (Fsp3) is 0.536. The van der Waals surface area contributed by atoms with Gasteiger partial charge in [0.1, 0.15) is 0 Å². The van der Waals surface area contributed by atoms with E-state index >= 15 is 0 Å². The third-order valence-corrected chi connectivity index (χ3v) is 8.60. The highest BCUT2D eigenvalue weighted by molar-refractivity contribution is 5.94. The molecule has 2 saturated heterocycles. The molecule has 3 atom stereocenters. The molecule has 0 aromatic heterocycles. The Balaban J connectivity index is 1.24. The zero-order valence-electron chi connectivity index (χ0n) is 20.2. The van der Waals surface area contributed by atoms with Crippen molar-refractivity contribution in [3.8, 4) is 0 Å². The first-order valence-electron chi connectivity index (χ1n) is 12.9. The van der Waals surface area contributed by atoms with Crippen molar-refractivity contribution in [3.63, 3.8) is 0 Å². The number of nitro groups is 1. The zero-order chi connectivity index (χ0) is 24.4. The molecule has 2 heterocycles. The van der Waals surface area contributed by atoms with Gasteiger partial charge in [-0.05, 0) is 87.1 Å². The first-order chi connectivity index (χ1) is 16.9. The van der Waals surface area contributed by atoms with Crippen molar-refractivity contribution in [2.45, 2.75) is 63.0 Å². The third kappa shape index (κ3) is 5.11. The molecule has 3 fully saturated rings. The van der Waals surface area contributed by atoms with E-state index in [1.165, 1.54) is 17.7 Å². The van der Waals surface area contributed by atoms with Gasteiger partial charge >= 0.3 is 0 Å². The summed E-state index contributed by atoms with van der Waals surface area (Å²) in [4.78, 5) is 28.2. The van der Waals surface area contributed by atoms with Gasteiger partial charge in [-0.2, -0.15) is 0 Å². The lowest BCUT2D eigenvalue weighted by atomic mass is 9.66. The van der Waals surface area contributed by atoms with E-state index in [9.17, 15) is 20.0 Å². The van der Waals surface area contributed by atoms with Crippen molar-refractivity contribution in [1.29, 1.82) is 0 Å². The number of rotatable bonds is 4. The number of piperidine rings is 2. The molecule has 0 unspecified atom stereocenters. The van der Waals surface area contributed by atoms with E-state index in [4.69, 9.17) is 0 Å². The number of aliphatic hydroxyl groups is 1. The van der Waals surface area contributed by atoms with Gasteiger partial charge in [-0.1, -0.05) is 30.3 Å². The fourth-order valence-corrected chi connectivity index (χ4v) is 6.65. The minimum atomic E-state index is -0.444. The fourth-order valence-electron chi connectivity index (χ4n) is 6.65. The largest absolute Gasteiger partial charge is 0.391 e. The van der Waals surface area contributed by atoms with Crippen LogP contribution in [-0.2, 0) is 0 Å². The summed E-state index contributed by atoms with van der Waals surface area (Å²) in [6.07, 6.45) is 6.61. The van der Waals surface area contributed by atoms with E-state index < -0.39 is 4.92 Å². The minimum absolute atomic E-state index is 0.00295. The standard InChI is InChI=1S/C28H35N3O4/c32-26-11-15-28(19-25(26)29-17-12-22(13-18-29)21-5-2-1-3-6-21)14-4-16-30(20-28)27(33)23-7-9-24(10-8-23)31(34)35/h1-3,5-10,22,25-26,32H,4,11-20H2/t25-,26-,28-/m1/s1. The molecule has 7 nitrogen and oxygen atoms in total. The van der Waals surface area contributed by atoms with E-state index in [0.29, 0.717) is 24.6 Å². The van der Waals surface area contributed by atoms with Gasteiger partial charge in [0.2, 0.25) is 0 Å². The lowest BCUT2D eigenvalue weighted by molar-refractivity contribution is -0.384. The SMILES string of the molecule is O=C(c1ccc([N+](=O)[O-])cc1)N1CCC[C@]2(CC[C@@H](O)[C@H](N3CCC(c4ccccc4)CC3)C2)C1. The van der Waals surface area contributed by atoms with Gasteiger partial charge in [-0.15, -0.1) is 0 Å². The maximum Gasteiger partial charge on any atom is 0.269 e. The highest BCUT2D eigenvalue weighted by Crippen LogP contribution is 2.46. The van der Waals surface area contributed by atoms with Gasteiger partial charge in [0.05, 0.1) is 11.0 Å². The Hall–Kier alpha value is -2.77. The Morgan fingerprint density at radius 1 is 0.971 bits per heavy atom. The number of nitro benzene ring substituents is 1. The summed E-state index contributed by atoms with van der Waals surface area (Å²) < 4.78 is 0. The second-order valence-corrected chi connectivity index (χ2v) is 10.7. The van der Waals surface area contributed by atoms with E-state index in [0.717, 1.165) is 58.0 Å². The normalized spacial score (nSPS) is 28.2. The highest BCUT2D eigenvalue weighted by Gasteiger charge is 2.46. The molecule has 2 aromatic carbocycles. The first-order valence-corrected chi connectivity index (χ1v) is 12.9. The van der Waals surface area contributed by atoms with Crippen LogP contribution in [0.5, 0.6) is 0 Å². The quantitative estimate of drug-likeness (QED) is 0.513. The van der Waals surface area contributed by atoms with Crippen LogP contribution < -0.4 is 0 Å². The molecule has 2 aliphatic heterocycles. The Morgan fingerprint density at radius 2 is 1.69 bits per heavy atom. The topological polar surface area (TPSA) is 86.9 Å². The zero-order valence-corrected chi connectivity index (χ0v) is 20.2. The van der Waals surface area contributed by atoms with Crippen LogP contribution in [-0.4, -0.2) is 64.1 Å². The number of non-ortho nitro benzene ring substituents is 1. The van der Waals surface area contributed by atoms with Crippen LogP contribution in [0.15, 0.2) is 54.6 Å². The summed E-state index contributed by atoms with van der Waals surface area (Å²) >= 11 is 0. The van der Waals surface area contributed by atoms with Crippen molar-refractivity contribution >= 4 is 11.6 Å². The molecule has 5 rings (SSSR count). The summed E-state index contributed by atoms with van der Waals surface area (Å²) in [6.45, 7) is 3.42. The van der Waals surface area contributed by atoms with E-state index in [-0.39, 0.29) is 29.2 Å². The molecule has 1 aliphatic carbocycles. The Bertz CT molecular complexity index is 1040. The van der Waals surface area contributed by atoms with Gasteiger partial charge in [-0.25, -0.2) is 0 Å². The molecule has 0 radical (unpaired) electrons. The van der Waals surface area contributed by atoms with Crippen molar-refractivity contribution in [1.82, 2.24) is 9.80 Å². The summed E-state index contributed by atoms with van der Waals surface area (Å²) in [5.41, 5.74) is 1.95. The lowest BCUT2D eigenvalue weighted by Gasteiger charge is -2.52. The number of nitrogens with zero attached hydrogens (tertiary/aromatic N) is 3. The molecule has 0 bridgehead atoms. The average molecular weight is 478 g/mol. The van der Waals surface area contributed by atoms with Crippen LogP contribution in [0.4, 0.5) is 5.69 Å². The molecule has 2 aromatic rings. The second-order valence-electron chi connectivity index (χ2n) is 10.7. The number of benzene rings is 2. The summed E-state index contributed by atoms with van der Waals surface area (Å²) in [5.74, 6) is 0.539. The molecule has 3 aliphatic rings. The molecular weight excluding hydrogens is 442 g/mol. The monoisotopic (exact) mass is 477 g/mol. The van der Waals surface area contributed by atoms with Crippen LogP contribution in [0, 0.1) is 15.5 Å². The number of likely N-dealkylation sites (tertiary alicyclic amines) is 2. The predicted octanol–water partition coefficient (Wildman–Crippen LogP) is 4.61. The van der Waals surface area contributed by atoms with Crippen molar-refractivity contribution in [2.24, 2.45) is 5.41 Å². The molecule has 7 heteroatoms. The van der Waals surface area contributed by atoms with E-state index in [2.05, 4.69) is 35.2 Å². The Labute approximate surface area is 206 Å². The lowest BCUT2D eigenvalue weighted by Crippen LogP contribution is -2.56. The van der Waals surface area contributed by atoms with Crippen LogP contribution >= 0.6 is 0 Å². The second kappa shape index (κ2) is 10.1. The minimum Gasteiger partial charge on any atom is -0.391 e. The van der Waals surface area contributed by atoms with Crippen molar-refractivity contribution in [2.75, 3.05) is 26.2 Å². The molecule has 1 spiro atoms. The van der Waals surface area contributed by atoms with Crippen LogP contribution in [0.3, 0.4) is 0 Å². The maximum atomic E-state index is 13.2. The Kier molecular flexibility index (Phi) is 6.89. The van der Waals surface area contributed by atoms with Gasteiger partial charge in [-0.3, -0.25) is 19.8 Å². The molecular formula is C28H35N3O4. The van der Waals surface area contributed by atoms with Crippen LogP contribution in [0.1, 0.15) is 66.8 Å². The van der Waals surface area contributed by atoms with Crippen LogP contribution in [0.25, 0.3) is 0 Å². The third-order valence-electron chi connectivity index (χ3n) is 8.60. The maximum absolute atomic E-state index is 13.2. The summed E-state index contributed by atoms with van der Waals surface area (Å²) in [7, 11) is 0. The van der Waals surface area contributed by atoms with E-state index in [1.807, 2.05) is 4.90 Å². The highest BCUT2D eigenvalue weighted by atomic mass is 16.6. The van der Waals surface area contributed by atoms with Gasteiger partial charge in [0.25, 0.3) is 11.6 Å². The molecule has 1 N–H and O–H groups in total. The van der Waals surface area contributed by atoms with Gasteiger partial charge < -0.3 is 10.0 Å². The van der Waals surface area contributed by atoms with Crippen LogP contribution in [0.2, 0.25) is 0 Å². The van der Waals surface area contributed by atoms with Crippen molar-refractivity contribution < 1.29 is 14.8 Å². The van der Waals surface area contributed by atoms with Gasteiger partial charge in [0, 0.05) is 36.8 Å². The molecule has 1 amide bonds. The summed E-state index contributed by atoms with van der Waals surface area (Å²) in [6, 6.07) is 16.8. The number of amides is 1. The Morgan fingerprint density at radius 3 is 2.37 bits per heavy atom. The molecule has 186 valence electrons. The molecule has 1 saturated carbocycles. The number of carbonyl (C=O) groups is 1. The predicted molar refractivity (Wildman–Crippen MR) is 134 cm³/mol. The number of aliphatic hydroxyl groups excluding tert-OH is 1. The number of carbonyl (C=O) groups excluding carboxylic acids is 1. The van der Waals surface area contributed by atoms with Gasteiger partial charge in [0.15, 0.2) is 0 Å². The number of hydrogen-bond acceptors (Lipinski definition) is 5. The first kappa shape index (κ1) is 23.9. The van der Waals surface area contributed by atoms with E-state index in [1.54, 1.807) is 12.1 Å². The smallest absolute Gasteiger partial charge is 0.269 e.